The van der Waals surface area contributed by atoms with E-state index < -0.39 is 6.11 Å². The van der Waals surface area contributed by atoms with Crippen LogP contribution in [0.1, 0.15) is 131 Å². The Hall–Kier alpha value is -1.74. The smallest absolute Gasteiger partial charge is 0.316 e. The average molecular weight is 511 g/mol. The van der Waals surface area contributed by atoms with Crippen molar-refractivity contribution in [1.82, 2.24) is 0 Å². The molecule has 0 radical (unpaired) electrons. The molecule has 0 N–H and O–H groups in total. The van der Waals surface area contributed by atoms with Crippen molar-refractivity contribution in [2.45, 2.75) is 122 Å². The minimum absolute atomic E-state index is 0.0117. The molecule has 0 aliphatic heterocycles. The van der Waals surface area contributed by atoms with E-state index in [9.17, 15) is 8.78 Å². The van der Waals surface area contributed by atoms with Gasteiger partial charge in [-0.1, -0.05) is 94.5 Å². The molecule has 0 saturated heterocycles. The Kier molecular flexibility index (Phi) is 10.6. The van der Waals surface area contributed by atoms with Crippen molar-refractivity contribution in [2.75, 3.05) is 6.61 Å². The molecule has 2 aromatic carbocycles. The van der Waals surface area contributed by atoms with E-state index in [0.29, 0.717) is 18.3 Å². The molecule has 2 saturated carbocycles. The number of ether oxygens (including phenoxy) is 1. The summed E-state index contributed by atoms with van der Waals surface area (Å²) >= 11 is 0. The van der Waals surface area contributed by atoms with Gasteiger partial charge in [0.25, 0.3) is 0 Å². The fourth-order valence-corrected chi connectivity index (χ4v) is 6.66. The molecule has 4 rings (SSSR count). The van der Waals surface area contributed by atoms with Gasteiger partial charge < -0.3 is 4.74 Å². The van der Waals surface area contributed by atoms with Crippen LogP contribution in [0.5, 0.6) is 0 Å². The molecule has 0 amide bonds. The topological polar surface area (TPSA) is 9.23 Å². The van der Waals surface area contributed by atoms with Gasteiger partial charge in [0.2, 0.25) is 0 Å². The summed E-state index contributed by atoms with van der Waals surface area (Å²) < 4.78 is 34.7. The summed E-state index contributed by atoms with van der Waals surface area (Å²) in [5.74, 6) is 2.92. The predicted molar refractivity (Wildman–Crippen MR) is 150 cm³/mol. The highest BCUT2D eigenvalue weighted by Gasteiger charge is 2.33. The number of halogens is 2. The Bertz CT molecular complexity index is 904. The van der Waals surface area contributed by atoms with Gasteiger partial charge in [0, 0.05) is 0 Å². The quantitative estimate of drug-likeness (QED) is 0.258. The molecule has 2 aliphatic rings. The second-order valence-electron chi connectivity index (χ2n) is 11.8. The molecule has 37 heavy (non-hydrogen) atoms. The summed E-state index contributed by atoms with van der Waals surface area (Å²) in [5.41, 5.74) is 3.62. The molecule has 2 aromatic rings. The minimum atomic E-state index is -3.26. The first-order valence-corrected chi connectivity index (χ1v) is 15.2. The molecular formula is C34H48F2O. The van der Waals surface area contributed by atoms with Crippen LogP contribution in [0.25, 0.3) is 0 Å². The largest absolute Gasteiger partial charge is 0.383 e. The lowest BCUT2D eigenvalue weighted by Gasteiger charge is -2.29. The first kappa shape index (κ1) is 28.3. The summed E-state index contributed by atoms with van der Waals surface area (Å²) in [4.78, 5) is 0. The lowest BCUT2D eigenvalue weighted by atomic mass is 9.77. The van der Waals surface area contributed by atoms with Gasteiger partial charge in [0.1, 0.15) is 0 Å². The fraction of sp³-hybridized carbons (Fsp3) is 0.647. The van der Waals surface area contributed by atoms with Crippen molar-refractivity contribution in [2.24, 2.45) is 11.8 Å². The van der Waals surface area contributed by atoms with Gasteiger partial charge in [-0.2, -0.15) is 8.78 Å². The van der Waals surface area contributed by atoms with Gasteiger partial charge in [-0.25, -0.2) is 0 Å². The van der Waals surface area contributed by atoms with E-state index >= 15 is 0 Å². The summed E-state index contributed by atoms with van der Waals surface area (Å²) in [6, 6.07) is 15.5. The first-order chi connectivity index (χ1) is 18.0. The molecule has 2 fully saturated rings. The van der Waals surface area contributed by atoms with Crippen LogP contribution in [0.3, 0.4) is 0 Å². The molecule has 3 heteroatoms. The lowest BCUT2D eigenvalue weighted by Crippen LogP contribution is -2.20. The third-order valence-corrected chi connectivity index (χ3v) is 9.33. The van der Waals surface area contributed by atoms with Crippen molar-refractivity contribution >= 4 is 0 Å². The molecule has 204 valence electrons. The molecule has 0 aromatic heterocycles. The van der Waals surface area contributed by atoms with E-state index in [-0.39, 0.29) is 12.2 Å². The van der Waals surface area contributed by atoms with E-state index in [0.717, 1.165) is 17.4 Å². The van der Waals surface area contributed by atoms with Crippen molar-refractivity contribution < 1.29 is 13.5 Å². The number of hydrogen-bond donors (Lipinski definition) is 0. The molecule has 1 nitrogen and oxygen atoms in total. The monoisotopic (exact) mass is 510 g/mol. The van der Waals surface area contributed by atoms with Crippen molar-refractivity contribution in [3.8, 4) is 0 Å². The third-order valence-electron chi connectivity index (χ3n) is 9.33. The van der Waals surface area contributed by atoms with Crippen LogP contribution in [-0.2, 0) is 17.3 Å². The maximum atomic E-state index is 14.8. The molecule has 0 atom stereocenters. The summed E-state index contributed by atoms with van der Waals surface area (Å²) in [6.07, 6.45) is 14.0. The summed E-state index contributed by atoms with van der Waals surface area (Å²) in [7, 11) is 0. The van der Waals surface area contributed by atoms with Gasteiger partial charge in [-0.3, -0.25) is 0 Å². The number of hydrogen-bond acceptors (Lipinski definition) is 1. The Balaban J connectivity index is 1.21. The second-order valence-corrected chi connectivity index (χ2v) is 11.8. The minimum Gasteiger partial charge on any atom is -0.316 e. The molecule has 0 unspecified atom stereocenters. The number of benzene rings is 2. The van der Waals surface area contributed by atoms with E-state index in [1.54, 1.807) is 12.1 Å². The van der Waals surface area contributed by atoms with E-state index in [4.69, 9.17) is 4.74 Å². The Morgan fingerprint density at radius 3 is 1.78 bits per heavy atom. The van der Waals surface area contributed by atoms with E-state index in [1.807, 2.05) is 12.1 Å². The molecule has 0 bridgehead atoms. The maximum absolute atomic E-state index is 14.8. The van der Waals surface area contributed by atoms with Crippen LogP contribution in [0, 0.1) is 11.8 Å². The van der Waals surface area contributed by atoms with Crippen molar-refractivity contribution in [3.63, 3.8) is 0 Å². The number of alkyl halides is 2. The summed E-state index contributed by atoms with van der Waals surface area (Å²) in [6.45, 7) is 4.56. The Morgan fingerprint density at radius 2 is 1.24 bits per heavy atom. The van der Waals surface area contributed by atoms with E-state index in [1.165, 1.54) is 94.6 Å². The zero-order valence-electron chi connectivity index (χ0n) is 23.2. The van der Waals surface area contributed by atoms with Crippen LogP contribution in [0.2, 0.25) is 0 Å². The van der Waals surface area contributed by atoms with Crippen LogP contribution in [-0.4, -0.2) is 6.61 Å². The lowest BCUT2D eigenvalue weighted by molar-refractivity contribution is -0.248. The Labute approximate surface area is 224 Å². The van der Waals surface area contributed by atoms with Crippen LogP contribution in [0.4, 0.5) is 8.78 Å². The predicted octanol–water partition coefficient (Wildman–Crippen LogP) is 10.5. The number of unbranched alkanes of at least 4 members (excludes halogenated alkanes) is 2. The molecular weight excluding hydrogens is 462 g/mol. The highest BCUT2D eigenvalue weighted by molar-refractivity contribution is 5.28. The normalized spacial score (nSPS) is 24.8. The zero-order valence-corrected chi connectivity index (χ0v) is 23.2. The van der Waals surface area contributed by atoms with Crippen molar-refractivity contribution in [3.05, 3.63) is 70.8 Å². The molecule has 2 aliphatic carbocycles. The summed E-state index contributed by atoms with van der Waals surface area (Å²) in [5, 5.41) is 0. The maximum Gasteiger partial charge on any atom is 0.383 e. The van der Waals surface area contributed by atoms with Crippen molar-refractivity contribution in [1.29, 1.82) is 0 Å². The Morgan fingerprint density at radius 1 is 0.703 bits per heavy atom. The van der Waals surface area contributed by atoms with Gasteiger partial charge >= 0.3 is 6.11 Å². The standard InChI is InChI=1S/C34H48F2O/c1-3-5-6-7-27-10-16-31(17-11-27)32-20-22-33(23-21-32)34(35,36)37-25-24-28-12-18-30(19-13-28)29-14-8-26(4-2)9-15-29/h12-13,18-23,26-27,29,31H,3-11,14-17,24-25H2,1-2H3. The highest BCUT2D eigenvalue weighted by atomic mass is 19.3. The SMILES string of the molecule is CCCCCC1CCC(c2ccc(C(F)(F)OCCc3ccc(C4CCC(CC)CC4)cc3)cc2)CC1. The van der Waals surface area contributed by atoms with Crippen LogP contribution < -0.4 is 0 Å². The van der Waals surface area contributed by atoms with Gasteiger partial charge in [-0.05, 0) is 98.1 Å². The van der Waals surface area contributed by atoms with Crippen LogP contribution in [0.15, 0.2) is 48.5 Å². The van der Waals surface area contributed by atoms with Gasteiger partial charge in [-0.15, -0.1) is 0 Å². The highest BCUT2D eigenvalue weighted by Crippen LogP contribution is 2.39. The second kappa shape index (κ2) is 13.9. The first-order valence-electron chi connectivity index (χ1n) is 15.2. The van der Waals surface area contributed by atoms with Gasteiger partial charge in [0.15, 0.2) is 0 Å². The zero-order chi connectivity index (χ0) is 26.1. The number of rotatable bonds is 12. The van der Waals surface area contributed by atoms with E-state index in [2.05, 4.69) is 38.1 Å². The molecule has 0 spiro atoms. The molecule has 0 heterocycles. The fourth-order valence-electron chi connectivity index (χ4n) is 6.66. The third kappa shape index (κ3) is 8.12. The van der Waals surface area contributed by atoms with Crippen LogP contribution >= 0.6 is 0 Å². The van der Waals surface area contributed by atoms with Gasteiger partial charge in [0.05, 0.1) is 12.2 Å². The average Bonchev–Trinajstić information content (AvgIpc) is 2.94.